The third-order valence-electron chi connectivity index (χ3n) is 5.41. The molecule has 4 aromatic rings. The average Bonchev–Trinajstić information content (AvgIpc) is 3.36. The van der Waals surface area contributed by atoms with Crippen LogP contribution < -0.4 is 10.1 Å². The number of nitrogens with zero attached hydrogens (tertiary/aromatic N) is 1. The molecule has 0 saturated carbocycles. The number of fused-ring (bicyclic) bond motifs is 1. The van der Waals surface area contributed by atoms with E-state index in [1.807, 2.05) is 37.3 Å². The van der Waals surface area contributed by atoms with E-state index in [2.05, 4.69) is 15.5 Å². The van der Waals surface area contributed by atoms with Crippen LogP contribution in [0.2, 0.25) is 0 Å². The second-order valence-electron chi connectivity index (χ2n) is 8.01. The van der Waals surface area contributed by atoms with Gasteiger partial charge in [0.1, 0.15) is 5.75 Å². The standard InChI is InChI=1S/C28H24F3N3O2/c1-2-17-36-22-15-11-20(12-16-22)23(19-9-13-21(14-10-19)28(29,30)31)5-3-8-27(35)33-25-6-4-7-26-24(25)18-32-34-26/h3-16,18H,2,17H2,1H3,(H,32,34)(H,33,35)/b8-3+,23-5+. The fourth-order valence-electron chi connectivity index (χ4n) is 3.63. The minimum atomic E-state index is -4.42. The van der Waals surface area contributed by atoms with E-state index in [9.17, 15) is 18.0 Å². The van der Waals surface area contributed by atoms with Gasteiger partial charge in [-0.25, -0.2) is 0 Å². The summed E-state index contributed by atoms with van der Waals surface area (Å²) in [6.07, 6.45) is 2.71. The van der Waals surface area contributed by atoms with Crippen LogP contribution in [0.25, 0.3) is 16.5 Å². The van der Waals surface area contributed by atoms with Crippen molar-refractivity contribution in [2.75, 3.05) is 11.9 Å². The zero-order valence-electron chi connectivity index (χ0n) is 19.5. The number of rotatable bonds is 8. The molecule has 1 heterocycles. The molecule has 0 radical (unpaired) electrons. The van der Waals surface area contributed by atoms with E-state index in [-0.39, 0.29) is 5.91 Å². The van der Waals surface area contributed by atoms with Gasteiger partial charge in [-0.15, -0.1) is 0 Å². The van der Waals surface area contributed by atoms with Crippen LogP contribution >= 0.6 is 0 Å². The molecule has 2 N–H and O–H groups in total. The predicted molar refractivity (Wildman–Crippen MR) is 135 cm³/mol. The molecule has 0 saturated heterocycles. The SMILES string of the molecule is CCCOc1ccc(/C(=C/C=C/C(=O)Nc2cccc3[nH]ncc23)c2ccc(C(F)(F)F)cc2)cc1. The Morgan fingerprint density at radius 3 is 2.39 bits per heavy atom. The fraction of sp³-hybridized carbons (Fsp3) is 0.143. The lowest BCUT2D eigenvalue weighted by atomic mass is 9.96. The summed E-state index contributed by atoms with van der Waals surface area (Å²) in [7, 11) is 0. The number of anilines is 1. The van der Waals surface area contributed by atoms with Crippen molar-refractivity contribution in [2.24, 2.45) is 0 Å². The highest BCUT2D eigenvalue weighted by molar-refractivity contribution is 6.05. The van der Waals surface area contributed by atoms with Gasteiger partial charge in [0, 0.05) is 11.5 Å². The maximum absolute atomic E-state index is 13.0. The van der Waals surface area contributed by atoms with Crippen molar-refractivity contribution in [2.45, 2.75) is 19.5 Å². The third kappa shape index (κ3) is 6.02. The van der Waals surface area contributed by atoms with Crippen LogP contribution in [0.5, 0.6) is 5.75 Å². The van der Waals surface area contributed by atoms with Gasteiger partial charge in [-0.3, -0.25) is 9.89 Å². The second kappa shape index (κ2) is 10.9. The Morgan fingerprint density at radius 1 is 1.03 bits per heavy atom. The van der Waals surface area contributed by atoms with Gasteiger partial charge >= 0.3 is 6.18 Å². The minimum Gasteiger partial charge on any atom is -0.494 e. The molecule has 0 spiro atoms. The summed E-state index contributed by atoms with van der Waals surface area (Å²) >= 11 is 0. The van der Waals surface area contributed by atoms with Gasteiger partial charge in [0.2, 0.25) is 5.91 Å². The molecule has 0 aliphatic carbocycles. The van der Waals surface area contributed by atoms with Crippen LogP contribution in [-0.4, -0.2) is 22.7 Å². The molecule has 184 valence electrons. The molecule has 3 aromatic carbocycles. The Bertz CT molecular complexity index is 1390. The van der Waals surface area contributed by atoms with Gasteiger partial charge in [-0.2, -0.15) is 18.3 Å². The number of alkyl halides is 3. The number of amides is 1. The molecule has 8 heteroatoms. The molecule has 5 nitrogen and oxygen atoms in total. The number of H-pyrrole nitrogens is 1. The van der Waals surface area contributed by atoms with Gasteiger partial charge in [0.25, 0.3) is 0 Å². The number of aromatic nitrogens is 2. The van der Waals surface area contributed by atoms with E-state index in [1.165, 1.54) is 18.2 Å². The van der Waals surface area contributed by atoms with Crippen molar-refractivity contribution in [3.63, 3.8) is 0 Å². The summed E-state index contributed by atoms with van der Waals surface area (Å²) < 4.78 is 44.8. The van der Waals surface area contributed by atoms with Crippen LogP contribution in [0.4, 0.5) is 18.9 Å². The van der Waals surface area contributed by atoms with Crippen molar-refractivity contribution < 1.29 is 22.7 Å². The molecule has 0 atom stereocenters. The highest BCUT2D eigenvalue weighted by atomic mass is 19.4. The molecule has 1 aromatic heterocycles. The smallest absolute Gasteiger partial charge is 0.416 e. The lowest BCUT2D eigenvalue weighted by Crippen LogP contribution is -2.07. The largest absolute Gasteiger partial charge is 0.494 e. The molecule has 0 aliphatic heterocycles. The number of halogens is 3. The van der Waals surface area contributed by atoms with Crippen molar-refractivity contribution in [3.8, 4) is 5.75 Å². The normalized spacial score (nSPS) is 12.3. The van der Waals surface area contributed by atoms with Crippen LogP contribution in [-0.2, 0) is 11.0 Å². The van der Waals surface area contributed by atoms with Crippen LogP contribution in [0.15, 0.2) is 91.2 Å². The van der Waals surface area contributed by atoms with E-state index < -0.39 is 11.7 Å². The highest BCUT2D eigenvalue weighted by Crippen LogP contribution is 2.32. The first-order valence-corrected chi connectivity index (χ1v) is 11.4. The molecular weight excluding hydrogens is 467 g/mol. The quantitative estimate of drug-likeness (QED) is 0.206. The first kappa shape index (κ1) is 24.8. The zero-order valence-corrected chi connectivity index (χ0v) is 19.5. The van der Waals surface area contributed by atoms with Gasteiger partial charge in [-0.1, -0.05) is 49.4 Å². The Hall–Kier alpha value is -4.33. The lowest BCUT2D eigenvalue weighted by Gasteiger charge is -2.12. The number of allylic oxidation sites excluding steroid dienone is 2. The highest BCUT2D eigenvalue weighted by Gasteiger charge is 2.30. The predicted octanol–water partition coefficient (Wildman–Crippen LogP) is 7.00. The zero-order chi connectivity index (χ0) is 25.5. The molecule has 0 fully saturated rings. The maximum Gasteiger partial charge on any atom is 0.416 e. The fourth-order valence-corrected chi connectivity index (χ4v) is 3.63. The van der Waals surface area contributed by atoms with Crippen LogP contribution in [0, 0.1) is 0 Å². The van der Waals surface area contributed by atoms with Crippen LogP contribution in [0.1, 0.15) is 30.0 Å². The summed E-state index contributed by atoms with van der Waals surface area (Å²) in [5.74, 6) is 0.353. The third-order valence-corrected chi connectivity index (χ3v) is 5.41. The Balaban J connectivity index is 1.59. The Morgan fingerprint density at radius 2 is 1.72 bits per heavy atom. The van der Waals surface area contributed by atoms with Crippen LogP contribution in [0.3, 0.4) is 0 Å². The van der Waals surface area contributed by atoms with E-state index in [0.717, 1.165) is 35.0 Å². The summed E-state index contributed by atoms with van der Waals surface area (Å²) in [5, 5.41) is 10.4. The molecule has 1 amide bonds. The van der Waals surface area contributed by atoms with Gasteiger partial charge in [-0.05, 0) is 59.5 Å². The van der Waals surface area contributed by atoms with E-state index in [4.69, 9.17) is 4.74 Å². The maximum atomic E-state index is 13.0. The first-order valence-electron chi connectivity index (χ1n) is 11.4. The summed E-state index contributed by atoms with van der Waals surface area (Å²) in [5.41, 5.74) is 2.70. The van der Waals surface area contributed by atoms with Gasteiger partial charge < -0.3 is 10.1 Å². The molecule has 36 heavy (non-hydrogen) atoms. The van der Waals surface area contributed by atoms with E-state index >= 15 is 0 Å². The Kier molecular flexibility index (Phi) is 7.53. The molecule has 0 unspecified atom stereocenters. The molecular formula is C28H24F3N3O2. The number of hydrogen-bond donors (Lipinski definition) is 2. The van der Waals surface area contributed by atoms with Gasteiger partial charge in [0.05, 0.1) is 29.6 Å². The minimum absolute atomic E-state index is 0.352. The summed E-state index contributed by atoms with van der Waals surface area (Å²) in [4.78, 5) is 12.5. The molecule has 4 rings (SSSR count). The number of aromatic amines is 1. The summed E-state index contributed by atoms with van der Waals surface area (Å²) in [6.45, 7) is 2.60. The second-order valence-corrected chi connectivity index (χ2v) is 8.01. The first-order chi connectivity index (χ1) is 17.3. The molecule has 0 bridgehead atoms. The number of carbonyl (C=O) groups excluding carboxylic acids is 1. The Labute approximate surface area is 206 Å². The number of benzene rings is 3. The summed E-state index contributed by atoms with van der Waals surface area (Å²) in [6, 6.07) is 17.7. The van der Waals surface area contributed by atoms with Crippen molar-refractivity contribution in [1.82, 2.24) is 10.2 Å². The monoisotopic (exact) mass is 491 g/mol. The molecule has 0 aliphatic rings. The van der Waals surface area contributed by atoms with Crippen molar-refractivity contribution in [1.29, 1.82) is 0 Å². The van der Waals surface area contributed by atoms with Gasteiger partial charge in [0.15, 0.2) is 0 Å². The number of ether oxygens (including phenoxy) is 1. The number of nitrogens with one attached hydrogen (secondary N) is 2. The van der Waals surface area contributed by atoms with Crippen molar-refractivity contribution in [3.05, 3.63) is 108 Å². The van der Waals surface area contributed by atoms with Crippen molar-refractivity contribution >= 4 is 28.1 Å². The number of hydrogen-bond acceptors (Lipinski definition) is 3. The lowest BCUT2D eigenvalue weighted by molar-refractivity contribution is -0.137. The topological polar surface area (TPSA) is 67.0 Å². The number of carbonyl (C=O) groups is 1. The van der Waals surface area contributed by atoms with E-state index in [1.54, 1.807) is 30.5 Å². The van der Waals surface area contributed by atoms with E-state index in [0.29, 0.717) is 29.2 Å². The average molecular weight is 492 g/mol.